The highest BCUT2D eigenvalue weighted by molar-refractivity contribution is 7.89. The average molecular weight is 435 g/mol. The number of sulfonamides is 1. The first kappa shape index (κ1) is 18.6. The van der Waals surface area contributed by atoms with E-state index in [1.807, 2.05) is 12.1 Å². The fourth-order valence-electron chi connectivity index (χ4n) is 4.21. The van der Waals surface area contributed by atoms with Crippen LogP contribution in [0.2, 0.25) is 5.02 Å². The number of methoxy groups -OCH3 is 1. The largest absolute Gasteiger partial charge is 0.495 e. The highest BCUT2D eigenvalue weighted by atomic mass is 35.5. The Morgan fingerprint density at radius 1 is 1.10 bits per heavy atom. The molecule has 0 amide bonds. The van der Waals surface area contributed by atoms with E-state index in [2.05, 4.69) is 20.2 Å². The Labute approximate surface area is 172 Å². The van der Waals surface area contributed by atoms with Gasteiger partial charge < -0.3 is 9.64 Å². The van der Waals surface area contributed by atoms with Gasteiger partial charge in [-0.25, -0.2) is 8.42 Å². The number of hydrogen-bond donors (Lipinski definition) is 0. The van der Waals surface area contributed by atoms with Crippen molar-refractivity contribution in [2.45, 2.75) is 4.90 Å². The van der Waals surface area contributed by atoms with E-state index in [1.165, 1.54) is 13.2 Å². The van der Waals surface area contributed by atoms with E-state index in [0.717, 1.165) is 18.9 Å². The molecule has 11 heteroatoms. The number of anilines is 1. The summed E-state index contributed by atoms with van der Waals surface area (Å²) in [7, 11) is -2.22. The zero-order chi connectivity index (χ0) is 20.2. The van der Waals surface area contributed by atoms with Crippen LogP contribution in [0.1, 0.15) is 0 Å². The number of hydrogen-bond acceptors (Lipinski definition) is 7. The topological polar surface area (TPSA) is 92.9 Å². The van der Waals surface area contributed by atoms with Crippen LogP contribution in [0.15, 0.2) is 41.6 Å². The number of rotatable bonds is 4. The summed E-state index contributed by atoms with van der Waals surface area (Å²) < 4.78 is 34.9. The highest BCUT2D eigenvalue weighted by Crippen LogP contribution is 2.38. The lowest BCUT2D eigenvalue weighted by Gasteiger charge is -2.22. The van der Waals surface area contributed by atoms with Crippen LogP contribution in [0.3, 0.4) is 0 Å². The van der Waals surface area contributed by atoms with Gasteiger partial charge in [0.05, 0.1) is 7.11 Å². The molecule has 1 aromatic carbocycles. The molecule has 2 saturated heterocycles. The minimum absolute atomic E-state index is 0.115. The smallest absolute Gasteiger partial charge is 0.246 e. The van der Waals surface area contributed by atoms with E-state index in [1.54, 1.807) is 27.3 Å². The molecule has 0 aliphatic carbocycles. The van der Waals surface area contributed by atoms with Gasteiger partial charge in [-0.3, -0.25) is 0 Å². The van der Waals surface area contributed by atoms with Crippen LogP contribution in [-0.2, 0) is 10.0 Å². The standard InChI is InChI=1S/C18H19ClN6O3S/c1-28-15-3-2-14(19)6-16(15)29(26,27)24-9-12-7-23(8-13(12)10-24)18-5-4-17-21-20-11-25(17)22-18/h2-6,11-13H,7-10H2,1H3. The molecule has 2 aliphatic heterocycles. The molecule has 2 fully saturated rings. The monoisotopic (exact) mass is 434 g/mol. The maximum Gasteiger partial charge on any atom is 0.246 e. The van der Waals surface area contributed by atoms with Gasteiger partial charge in [-0.05, 0) is 42.2 Å². The van der Waals surface area contributed by atoms with Gasteiger partial charge in [0.2, 0.25) is 10.0 Å². The van der Waals surface area contributed by atoms with Gasteiger partial charge in [0, 0.05) is 31.2 Å². The molecule has 2 aromatic heterocycles. The van der Waals surface area contributed by atoms with Crippen LogP contribution in [-0.4, -0.2) is 65.8 Å². The fraction of sp³-hybridized carbons (Fsp3) is 0.389. The van der Waals surface area contributed by atoms with Crippen molar-refractivity contribution >= 4 is 33.1 Å². The molecule has 3 aromatic rings. The van der Waals surface area contributed by atoms with Crippen molar-refractivity contribution in [2.24, 2.45) is 11.8 Å². The second kappa shape index (κ2) is 6.82. The Morgan fingerprint density at radius 2 is 1.86 bits per heavy atom. The molecule has 2 aliphatic rings. The predicted octanol–water partition coefficient (Wildman–Crippen LogP) is 1.54. The third kappa shape index (κ3) is 3.11. The van der Waals surface area contributed by atoms with E-state index in [9.17, 15) is 8.42 Å². The molecule has 2 unspecified atom stereocenters. The van der Waals surface area contributed by atoms with Crippen molar-refractivity contribution in [1.29, 1.82) is 0 Å². The summed E-state index contributed by atoms with van der Waals surface area (Å²) in [5.41, 5.74) is 0.695. The molecular weight excluding hydrogens is 416 g/mol. The number of nitrogens with zero attached hydrogens (tertiary/aromatic N) is 6. The Bertz CT molecular complexity index is 1170. The van der Waals surface area contributed by atoms with Crippen molar-refractivity contribution in [1.82, 2.24) is 24.1 Å². The first-order valence-corrected chi connectivity index (χ1v) is 11.0. The number of aromatic nitrogens is 4. The highest BCUT2D eigenvalue weighted by Gasteiger charge is 2.45. The Hall–Kier alpha value is -2.43. The van der Waals surface area contributed by atoms with Crippen molar-refractivity contribution in [3.63, 3.8) is 0 Å². The third-order valence-corrected chi connectivity index (χ3v) is 7.76. The maximum atomic E-state index is 13.2. The minimum atomic E-state index is -3.68. The summed E-state index contributed by atoms with van der Waals surface area (Å²) in [5.74, 6) is 1.64. The molecule has 0 saturated carbocycles. The molecule has 4 heterocycles. The molecular formula is C18H19ClN6O3S. The quantitative estimate of drug-likeness (QED) is 0.614. The minimum Gasteiger partial charge on any atom is -0.495 e. The Balaban J connectivity index is 1.35. The van der Waals surface area contributed by atoms with Gasteiger partial charge in [-0.2, -0.15) is 8.82 Å². The van der Waals surface area contributed by atoms with Gasteiger partial charge in [0.25, 0.3) is 0 Å². The summed E-state index contributed by atoms with van der Waals surface area (Å²) >= 11 is 6.04. The van der Waals surface area contributed by atoms with Crippen molar-refractivity contribution in [2.75, 3.05) is 38.2 Å². The van der Waals surface area contributed by atoms with Crippen molar-refractivity contribution < 1.29 is 13.2 Å². The van der Waals surface area contributed by atoms with Crippen LogP contribution in [0.25, 0.3) is 5.65 Å². The van der Waals surface area contributed by atoms with Crippen LogP contribution in [0.5, 0.6) is 5.75 Å². The first-order valence-electron chi connectivity index (χ1n) is 9.21. The molecule has 9 nitrogen and oxygen atoms in total. The van der Waals surface area contributed by atoms with Gasteiger partial charge in [0.1, 0.15) is 22.8 Å². The third-order valence-electron chi connectivity index (χ3n) is 5.67. The second-order valence-electron chi connectivity index (χ2n) is 7.37. The number of fused-ring (bicyclic) bond motifs is 2. The summed E-state index contributed by atoms with van der Waals surface area (Å²) in [6, 6.07) is 8.46. The number of halogens is 1. The zero-order valence-electron chi connectivity index (χ0n) is 15.6. The molecule has 0 radical (unpaired) electrons. The SMILES string of the molecule is COc1ccc(Cl)cc1S(=O)(=O)N1CC2CN(c3ccc4nncn4n3)CC2C1. The molecule has 0 spiro atoms. The van der Waals surface area contributed by atoms with Gasteiger partial charge in [-0.15, -0.1) is 15.3 Å². The van der Waals surface area contributed by atoms with Crippen LogP contribution < -0.4 is 9.64 Å². The summed E-state index contributed by atoms with van der Waals surface area (Å²) in [6.07, 6.45) is 1.57. The van der Waals surface area contributed by atoms with E-state index in [0.29, 0.717) is 29.5 Å². The van der Waals surface area contributed by atoms with E-state index >= 15 is 0 Å². The zero-order valence-corrected chi connectivity index (χ0v) is 17.2. The van der Waals surface area contributed by atoms with E-state index < -0.39 is 10.0 Å². The molecule has 5 rings (SSSR count). The number of benzene rings is 1. The lowest BCUT2D eigenvalue weighted by atomic mass is 10.0. The van der Waals surface area contributed by atoms with Crippen LogP contribution >= 0.6 is 11.6 Å². The Morgan fingerprint density at radius 3 is 2.59 bits per heavy atom. The second-order valence-corrected chi connectivity index (χ2v) is 9.71. The molecule has 2 atom stereocenters. The summed E-state index contributed by atoms with van der Waals surface area (Å²) in [5, 5.41) is 12.7. The molecule has 0 bridgehead atoms. The van der Waals surface area contributed by atoms with Gasteiger partial charge >= 0.3 is 0 Å². The Kier molecular flexibility index (Phi) is 4.37. The van der Waals surface area contributed by atoms with Crippen molar-refractivity contribution in [3.8, 4) is 5.75 Å². The average Bonchev–Trinajstić information content (AvgIpc) is 3.41. The molecule has 0 N–H and O–H groups in total. The van der Waals surface area contributed by atoms with E-state index in [-0.39, 0.29) is 16.7 Å². The first-order chi connectivity index (χ1) is 14.0. The van der Waals surface area contributed by atoms with Gasteiger partial charge in [-0.1, -0.05) is 11.6 Å². The number of ether oxygens (including phenoxy) is 1. The fourth-order valence-corrected chi connectivity index (χ4v) is 6.18. The maximum absolute atomic E-state index is 13.2. The van der Waals surface area contributed by atoms with Crippen LogP contribution in [0.4, 0.5) is 5.82 Å². The summed E-state index contributed by atoms with van der Waals surface area (Å²) in [6.45, 7) is 2.44. The van der Waals surface area contributed by atoms with Crippen LogP contribution in [0, 0.1) is 11.8 Å². The molecule has 152 valence electrons. The summed E-state index contributed by atoms with van der Waals surface area (Å²) in [4.78, 5) is 2.31. The van der Waals surface area contributed by atoms with E-state index in [4.69, 9.17) is 16.3 Å². The predicted molar refractivity (Wildman–Crippen MR) is 107 cm³/mol. The molecule has 29 heavy (non-hydrogen) atoms. The van der Waals surface area contributed by atoms with Crippen molar-refractivity contribution in [3.05, 3.63) is 41.7 Å². The van der Waals surface area contributed by atoms with Gasteiger partial charge in [0.15, 0.2) is 5.65 Å². The lowest BCUT2D eigenvalue weighted by molar-refractivity contribution is 0.396. The lowest BCUT2D eigenvalue weighted by Crippen LogP contribution is -2.33. The normalized spacial score (nSPS) is 22.3.